The molecule has 0 radical (unpaired) electrons. The molecule has 2 aromatic rings. The summed E-state index contributed by atoms with van der Waals surface area (Å²) in [6.07, 6.45) is 0. The van der Waals surface area contributed by atoms with Crippen molar-refractivity contribution in [2.45, 2.75) is 6.92 Å². The molecular weight excluding hydrogens is 256 g/mol. The van der Waals surface area contributed by atoms with Crippen LogP contribution >= 0.6 is 0 Å². The minimum Gasteiger partial charge on any atom is -0.457 e. The molecule has 2 rings (SSSR count). The van der Waals surface area contributed by atoms with Gasteiger partial charge in [0.05, 0.1) is 17.1 Å². The largest absolute Gasteiger partial charge is 0.457 e. The van der Waals surface area contributed by atoms with Crippen LogP contribution in [0.25, 0.3) is 0 Å². The number of hydrogen-bond donors (Lipinski definition) is 0. The van der Waals surface area contributed by atoms with Crippen molar-refractivity contribution in [1.82, 2.24) is 0 Å². The van der Waals surface area contributed by atoms with Gasteiger partial charge in [0.25, 0.3) is 5.69 Å². The fraction of sp³-hybridized carbons (Fsp3) is 0.0769. The van der Waals surface area contributed by atoms with E-state index < -0.39 is 22.2 Å². The standard InChI is InChI=1S/C13H9F2NO3/c1-8-4-11(2-3-13(8)15)19-12-6-9(14)5-10(7-12)16(17)18/h2-7H,1H3. The van der Waals surface area contributed by atoms with E-state index in [1.807, 2.05) is 0 Å². The maximum atomic E-state index is 13.2. The molecule has 0 aliphatic rings. The average molecular weight is 265 g/mol. The summed E-state index contributed by atoms with van der Waals surface area (Å²) >= 11 is 0. The Morgan fingerprint density at radius 1 is 1.11 bits per heavy atom. The van der Waals surface area contributed by atoms with Gasteiger partial charge in [0.1, 0.15) is 23.1 Å². The van der Waals surface area contributed by atoms with Crippen LogP contribution in [0.1, 0.15) is 5.56 Å². The van der Waals surface area contributed by atoms with Crippen molar-refractivity contribution in [2.75, 3.05) is 0 Å². The van der Waals surface area contributed by atoms with Gasteiger partial charge in [0, 0.05) is 6.07 Å². The molecule has 0 amide bonds. The van der Waals surface area contributed by atoms with Crippen LogP contribution < -0.4 is 4.74 Å². The summed E-state index contributed by atoms with van der Waals surface area (Å²) in [4.78, 5) is 9.87. The minimum atomic E-state index is -0.775. The molecular formula is C13H9F2NO3. The van der Waals surface area contributed by atoms with E-state index in [9.17, 15) is 18.9 Å². The van der Waals surface area contributed by atoms with Crippen molar-refractivity contribution in [2.24, 2.45) is 0 Å². The predicted octanol–water partition coefficient (Wildman–Crippen LogP) is 3.97. The van der Waals surface area contributed by atoms with E-state index in [0.29, 0.717) is 5.56 Å². The Bertz CT molecular complexity index is 644. The highest BCUT2D eigenvalue weighted by atomic mass is 19.1. The summed E-state index contributed by atoms with van der Waals surface area (Å²) < 4.78 is 31.5. The Kier molecular flexibility index (Phi) is 3.41. The lowest BCUT2D eigenvalue weighted by Gasteiger charge is -2.07. The van der Waals surface area contributed by atoms with Crippen LogP contribution in [0.5, 0.6) is 11.5 Å². The Hall–Kier alpha value is -2.50. The molecule has 0 unspecified atom stereocenters. The normalized spacial score (nSPS) is 10.3. The third-order valence-corrected chi connectivity index (χ3v) is 2.43. The summed E-state index contributed by atoms with van der Waals surface area (Å²) in [6.45, 7) is 1.55. The van der Waals surface area contributed by atoms with Crippen molar-refractivity contribution in [1.29, 1.82) is 0 Å². The van der Waals surface area contributed by atoms with Crippen molar-refractivity contribution in [3.63, 3.8) is 0 Å². The number of non-ortho nitro benzene ring substituents is 1. The van der Waals surface area contributed by atoms with Crippen molar-refractivity contribution in [3.05, 3.63) is 63.7 Å². The number of nitrogens with zero attached hydrogens (tertiary/aromatic N) is 1. The molecule has 0 aliphatic heterocycles. The van der Waals surface area contributed by atoms with E-state index in [-0.39, 0.29) is 11.5 Å². The number of nitro groups is 1. The van der Waals surface area contributed by atoms with Crippen LogP contribution in [-0.4, -0.2) is 4.92 Å². The fourth-order valence-electron chi connectivity index (χ4n) is 1.53. The van der Waals surface area contributed by atoms with Gasteiger partial charge >= 0.3 is 0 Å². The van der Waals surface area contributed by atoms with Gasteiger partial charge in [-0.25, -0.2) is 8.78 Å². The first-order valence-electron chi connectivity index (χ1n) is 5.35. The molecule has 19 heavy (non-hydrogen) atoms. The zero-order valence-electron chi connectivity index (χ0n) is 9.89. The van der Waals surface area contributed by atoms with E-state index in [4.69, 9.17) is 4.74 Å². The van der Waals surface area contributed by atoms with Crippen molar-refractivity contribution >= 4 is 5.69 Å². The Morgan fingerprint density at radius 3 is 2.47 bits per heavy atom. The van der Waals surface area contributed by atoms with E-state index in [1.165, 1.54) is 18.2 Å². The molecule has 0 heterocycles. The van der Waals surface area contributed by atoms with E-state index in [2.05, 4.69) is 0 Å². The van der Waals surface area contributed by atoms with Crippen LogP contribution in [0.4, 0.5) is 14.5 Å². The number of ether oxygens (including phenoxy) is 1. The quantitative estimate of drug-likeness (QED) is 0.623. The Morgan fingerprint density at radius 2 is 1.84 bits per heavy atom. The molecule has 0 N–H and O–H groups in total. The Labute approximate surface area is 107 Å². The SMILES string of the molecule is Cc1cc(Oc2cc(F)cc([N+](=O)[O-])c2)ccc1F. The average Bonchev–Trinajstić information content (AvgIpc) is 2.33. The maximum absolute atomic E-state index is 13.2. The van der Waals surface area contributed by atoms with Crippen LogP contribution in [0.3, 0.4) is 0 Å². The highest BCUT2D eigenvalue weighted by molar-refractivity contribution is 5.41. The molecule has 0 aliphatic carbocycles. The van der Waals surface area contributed by atoms with E-state index in [0.717, 1.165) is 18.2 Å². The van der Waals surface area contributed by atoms with Crippen molar-refractivity contribution in [3.8, 4) is 11.5 Å². The fourth-order valence-corrected chi connectivity index (χ4v) is 1.53. The van der Waals surface area contributed by atoms with Gasteiger partial charge in [-0.1, -0.05) is 0 Å². The maximum Gasteiger partial charge on any atom is 0.276 e. The highest BCUT2D eigenvalue weighted by Crippen LogP contribution is 2.27. The van der Waals surface area contributed by atoms with Gasteiger partial charge in [-0.15, -0.1) is 0 Å². The third kappa shape index (κ3) is 3.04. The number of halogens is 2. The topological polar surface area (TPSA) is 52.4 Å². The summed E-state index contributed by atoms with van der Waals surface area (Å²) in [5, 5.41) is 10.6. The second-order valence-corrected chi connectivity index (χ2v) is 3.92. The molecule has 0 saturated carbocycles. The number of hydrogen-bond acceptors (Lipinski definition) is 3. The van der Waals surface area contributed by atoms with Crippen molar-refractivity contribution < 1.29 is 18.4 Å². The molecule has 0 aromatic heterocycles. The second kappa shape index (κ2) is 5.01. The van der Waals surface area contributed by atoms with Gasteiger partial charge in [0.2, 0.25) is 0 Å². The predicted molar refractivity (Wildman–Crippen MR) is 64.3 cm³/mol. The molecule has 0 bridgehead atoms. The third-order valence-electron chi connectivity index (χ3n) is 2.43. The first-order chi connectivity index (χ1) is 8.95. The first kappa shape index (κ1) is 12.9. The molecule has 0 atom stereocenters. The van der Waals surface area contributed by atoms with Crippen LogP contribution in [-0.2, 0) is 0 Å². The van der Waals surface area contributed by atoms with Gasteiger partial charge in [-0.3, -0.25) is 10.1 Å². The van der Waals surface area contributed by atoms with Gasteiger partial charge in [-0.2, -0.15) is 0 Å². The molecule has 0 spiro atoms. The number of rotatable bonds is 3. The summed E-state index contributed by atoms with van der Waals surface area (Å²) in [6, 6.07) is 6.90. The molecule has 6 heteroatoms. The second-order valence-electron chi connectivity index (χ2n) is 3.92. The number of nitro benzene ring substituents is 1. The monoisotopic (exact) mass is 265 g/mol. The number of benzene rings is 2. The van der Waals surface area contributed by atoms with Crippen LogP contribution in [0, 0.1) is 28.7 Å². The molecule has 0 saturated heterocycles. The molecule has 4 nitrogen and oxygen atoms in total. The lowest BCUT2D eigenvalue weighted by Crippen LogP contribution is -1.92. The number of aryl methyl sites for hydroxylation is 1. The minimum absolute atomic E-state index is 0.0160. The van der Waals surface area contributed by atoms with Gasteiger partial charge in [-0.05, 0) is 30.7 Å². The molecule has 98 valence electrons. The first-order valence-corrected chi connectivity index (χ1v) is 5.35. The molecule has 2 aromatic carbocycles. The summed E-state index contributed by atoms with van der Waals surface area (Å²) in [5.41, 5.74) is -0.0442. The van der Waals surface area contributed by atoms with Gasteiger partial charge < -0.3 is 4.74 Å². The van der Waals surface area contributed by atoms with Crippen LogP contribution in [0.2, 0.25) is 0 Å². The van der Waals surface area contributed by atoms with E-state index >= 15 is 0 Å². The summed E-state index contributed by atoms with van der Waals surface area (Å²) in [7, 11) is 0. The molecule has 0 fully saturated rings. The lowest BCUT2D eigenvalue weighted by atomic mass is 10.2. The zero-order valence-corrected chi connectivity index (χ0v) is 9.89. The van der Waals surface area contributed by atoms with E-state index in [1.54, 1.807) is 6.92 Å². The highest BCUT2D eigenvalue weighted by Gasteiger charge is 2.11. The summed E-state index contributed by atoms with van der Waals surface area (Å²) in [5.74, 6) is -0.905. The van der Waals surface area contributed by atoms with Crippen LogP contribution in [0.15, 0.2) is 36.4 Å². The Balaban J connectivity index is 2.32. The lowest BCUT2D eigenvalue weighted by molar-refractivity contribution is -0.385. The zero-order chi connectivity index (χ0) is 14.0. The smallest absolute Gasteiger partial charge is 0.276 e. The van der Waals surface area contributed by atoms with Gasteiger partial charge in [0.15, 0.2) is 0 Å².